The highest BCUT2D eigenvalue weighted by molar-refractivity contribution is 5.92. The molecule has 0 saturated carbocycles. The minimum absolute atomic E-state index is 0.246. The Morgan fingerprint density at radius 2 is 1.64 bits per heavy atom. The summed E-state index contributed by atoms with van der Waals surface area (Å²) in [6.45, 7) is 2.07. The molecule has 1 aromatic rings. The second-order valence-corrected chi connectivity index (χ2v) is 6.37. The lowest BCUT2D eigenvalue weighted by Crippen LogP contribution is -2.57. The molecule has 4 atom stereocenters. The number of hydrogen-bond acceptors (Lipinski definition) is 6. The van der Waals surface area contributed by atoms with Gasteiger partial charge >= 0.3 is 5.97 Å². The molecule has 4 unspecified atom stereocenters. The van der Waals surface area contributed by atoms with E-state index in [-0.39, 0.29) is 6.42 Å². The summed E-state index contributed by atoms with van der Waals surface area (Å²) in [6, 6.07) is 5.69. The van der Waals surface area contributed by atoms with E-state index in [1.54, 1.807) is 0 Å². The zero-order valence-corrected chi connectivity index (χ0v) is 15.7. The maximum Gasteiger partial charge on any atom is 0.325 e. The number of amides is 3. The van der Waals surface area contributed by atoms with E-state index in [1.165, 1.54) is 13.8 Å². The minimum atomic E-state index is -1.32. The van der Waals surface area contributed by atoms with Gasteiger partial charge in [0.1, 0.15) is 12.1 Å². The Kier molecular flexibility index (Phi) is 9.06. The number of hydrogen-bond donors (Lipinski definition) is 6. The lowest BCUT2D eigenvalue weighted by Gasteiger charge is -2.23. The number of carboxylic acid groups (broad SMARTS) is 1. The number of aliphatic carboxylic acids is 1. The van der Waals surface area contributed by atoms with Gasteiger partial charge in [-0.15, -0.1) is 0 Å². The van der Waals surface area contributed by atoms with Gasteiger partial charge < -0.3 is 31.9 Å². The molecule has 10 heteroatoms. The summed E-state index contributed by atoms with van der Waals surface area (Å²) >= 11 is 0. The molecule has 0 spiro atoms. The van der Waals surface area contributed by atoms with Gasteiger partial charge in [0.05, 0.1) is 18.7 Å². The second-order valence-electron chi connectivity index (χ2n) is 6.37. The topological polar surface area (TPSA) is 171 Å². The molecule has 1 aromatic carbocycles. The van der Waals surface area contributed by atoms with Crippen molar-refractivity contribution in [3.8, 4) is 0 Å². The summed E-state index contributed by atoms with van der Waals surface area (Å²) in [5, 5.41) is 25.3. The number of benzene rings is 1. The van der Waals surface area contributed by atoms with Crippen LogP contribution in [0, 0.1) is 0 Å². The summed E-state index contributed by atoms with van der Waals surface area (Å²) < 4.78 is 0. The molecule has 0 saturated heterocycles. The van der Waals surface area contributed by atoms with Crippen LogP contribution in [-0.2, 0) is 25.6 Å². The molecule has 0 heterocycles. The number of aliphatic hydroxyl groups excluding tert-OH is 1. The monoisotopic (exact) mass is 394 g/mol. The molecule has 28 heavy (non-hydrogen) atoms. The Balaban J connectivity index is 2.58. The third kappa shape index (κ3) is 7.72. The first-order valence-corrected chi connectivity index (χ1v) is 8.69. The molecule has 154 valence electrons. The first kappa shape index (κ1) is 23.1. The van der Waals surface area contributed by atoms with Crippen LogP contribution >= 0.6 is 0 Å². The number of rotatable bonds is 10. The Bertz CT molecular complexity index is 695. The molecule has 3 amide bonds. The van der Waals surface area contributed by atoms with Crippen molar-refractivity contribution in [1.82, 2.24) is 16.0 Å². The summed E-state index contributed by atoms with van der Waals surface area (Å²) in [5.74, 6) is -3.37. The summed E-state index contributed by atoms with van der Waals surface area (Å²) in [7, 11) is 0. The predicted molar refractivity (Wildman–Crippen MR) is 100.0 cm³/mol. The van der Waals surface area contributed by atoms with Crippen LogP contribution in [-0.4, -0.2) is 64.7 Å². The smallest absolute Gasteiger partial charge is 0.325 e. The maximum atomic E-state index is 12.3. The van der Waals surface area contributed by atoms with Gasteiger partial charge in [0.15, 0.2) is 0 Å². The van der Waals surface area contributed by atoms with Gasteiger partial charge in [0, 0.05) is 0 Å². The standard InChI is InChI=1S/C18H26N4O6/c1-10(18(27)28)21-14(24)9-20-17(26)15(11(2)23)22-16(25)13(19)8-12-6-4-3-5-7-12/h3-7,10-11,13,15,23H,8-9,19H2,1-2H3,(H,20,26)(H,21,24)(H,22,25)(H,27,28). The normalized spacial score (nSPS) is 14.9. The van der Waals surface area contributed by atoms with E-state index in [9.17, 15) is 24.3 Å². The molecule has 0 aromatic heterocycles. The summed E-state index contributed by atoms with van der Waals surface area (Å²) in [6.07, 6.45) is -0.995. The van der Waals surface area contributed by atoms with Gasteiger partial charge in [-0.1, -0.05) is 30.3 Å². The van der Waals surface area contributed by atoms with Crippen LogP contribution in [0.4, 0.5) is 0 Å². The van der Waals surface area contributed by atoms with Crippen molar-refractivity contribution in [2.75, 3.05) is 6.54 Å². The van der Waals surface area contributed by atoms with Crippen LogP contribution in [0.2, 0.25) is 0 Å². The quantitative estimate of drug-likeness (QED) is 0.270. The predicted octanol–water partition coefficient (Wildman–Crippen LogP) is -1.87. The third-order valence-electron chi connectivity index (χ3n) is 3.87. The molecular weight excluding hydrogens is 368 g/mol. The van der Waals surface area contributed by atoms with Crippen LogP contribution in [0.15, 0.2) is 30.3 Å². The highest BCUT2D eigenvalue weighted by atomic mass is 16.4. The van der Waals surface area contributed by atoms with Gasteiger partial charge in [0.25, 0.3) is 0 Å². The van der Waals surface area contributed by atoms with Crippen molar-refractivity contribution in [2.24, 2.45) is 5.73 Å². The van der Waals surface area contributed by atoms with Crippen molar-refractivity contribution >= 4 is 23.7 Å². The molecule has 0 aliphatic rings. The molecule has 1 rings (SSSR count). The average molecular weight is 394 g/mol. The first-order chi connectivity index (χ1) is 13.1. The van der Waals surface area contributed by atoms with Crippen molar-refractivity contribution < 1.29 is 29.4 Å². The lowest BCUT2D eigenvalue weighted by atomic mass is 10.0. The van der Waals surface area contributed by atoms with Crippen LogP contribution in [0.1, 0.15) is 19.4 Å². The fourth-order valence-corrected chi connectivity index (χ4v) is 2.26. The van der Waals surface area contributed by atoms with Crippen LogP contribution < -0.4 is 21.7 Å². The van der Waals surface area contributed by atoms with E-state index >= 15 is 0 Å². The number of nitrogens with two attached hydrogens (primary N) is 1. The summed E-state index contributed by atoms with van der Waals surface area (Å²) in [5.41, 5.74) is 6.70. The number of carbonyl (C=O) groups excluding carboxylic acids is 3. The molecule has 0 bridgehead atoms. The van der Waals surface area contributed by atoms with E-state index in [2.05, 4.69) is 16.0 Å². The van der Waals surface area contributed by atoms with Crippen LogP contribution in [0.5, 0.6) is 0 Å². The number of nitrogens with one attached hydrogen (secondary N) is 3. The van der Waals surface area contributed by atoms with E-state index in [0.29, 0.717) is 0 Å². The van der Waals surface area contributed by atoms with Crippen molar-refractivity contribution in [3.63, 3.8) is 0 Å². The molecule has 0 fully saturated rings. The molecule has 0 radical (unpaired) electrons. The molecule has 7 N–H and O–H groups in total. The Morgan fingerprint density at radius 1 is 1.04 bits per heavy atom. The van der Waals surface area contributed by atoms with Crippen LogP contribution in [0.25, 0.3) is 0 Å². The third-order valence-corrected chi connectivity index (χ3v) is 3.87. The SMILES string of the molecule is CC(NC(=O)CNC(=O)C(NC(=O)C(N)Cc1ccccc1)C(C)O)C(=O)O. The molecule has 10 nitrogen and oxygen atoms in total. The van der Waals surface area contributed by atoms with Gasteiger partial charge in [-0.3, -0.25) is 19.2 Å². The lowest BCUT2D eigenvalue weighted by molar-refractivity contribution is -0.141. The van der Waals surface area contributed by atoms with Crippen molar-refractivity contribution in [1.29, 1.82) is 0 Å². The van der Waals surface area contributed by atoms with Crippen LogP contribution in [0.3, 0.4) is 0 Å². The zero-order valence-electron chi connectivity index (χ0n) is 15.7. The molecule has 0 aliphatic heterocycles. The largest absolute Gasteiger partial charge is 0.480 e. The average Bonchev–Trinajstić information content (AvgIpc) is 2.64. The van der Waals surface area contributed by atoms with E-state index in [0.717, 1.165) is 5.56 Å². The Morgan fingerprint density at radius 3 is 2.18 bits per heavy atom. The molecular formula is C18H26N4O6. The van der Waals surface area contributed by atoms with E-state index in [1.807, 2.05) is 30.3 Å². The van der Waals surface area contributed by atoms with Gasteiger partial charge in [-0.05, 0) is 25.8 Å². The maximum absolute atomic E-state index is 12.3. The molecule has 0 aliphatic carbocycles. The Labute approximate surface area is 162 Å². The van der Waals surface area contributed by atoms with Gasteiger partial charge in [-0.25, -0.2) is 0 Å². The minimum Gasteiger partial charge on any atom is -0.480 e. The number of carboxylic acids is 1. The highest BCUT2D eigenvalue weighted by Crippen LogP contribution is 2.03. The first-order valence-electron chi connectivity index (χ1n) is 8.69. The Hall–Kier alpha value is -2.98. The number of carbonyl (C=O) groups is 4. The van der Waals surface area contributed by atoms with Crippen molar-refractivity contribution in [3.05, 3.63) is 35.9 Å². The van der Waals surface area contributed by atoms with Gasteiger partial charge in [0.2, 0.25) is 17.7 Å². The zero-order chi connectivity index (χ0) is 21.3. The summed E-state index contributed by atoms with van der Waals surface area (Å²) in [4.78, 5) is 46.8. The second kappa shape index (κ2) is 11.0. The van der Waals surface area contributed by atoms with Gasteiger partial charge in [-0.2, -0.15) is 0 Å². The van der Waals surface area contributed by atoms with E-state index in [4.69, 9.17) is 10.8 Å². The number of aliphatic hydroxyl groups is 1. The highest BCUT2D eigenvalue weighted by Gasteiger charge is 2.28. The fraction of sp³-hybridized carbons (Fsp3) is 0.444. The van der Waals surface area contributed by atoms with Crippen molar-refractivity contribution in [2.45, 2.75) is 44.5 Å². The fourth-order valence-electron chi connectivity index (χ4n) is 2.26. The van der Waals surface area contributed by atoms with E-state index < -0.39 is 54.5 Å².